The molecule has 0 N–H and O–H groups in total. The second kappa shape index (κ2) is 7.25. The van der Waals surface area contributed by atoms with Crippen molar-refractivity contribution < 1.29 is 0 Å². The predicted molar refractivity (Wildman–Crippen MR) is 131 cm³/mol. The molecule has 0 spiro atoms. The number of fused-ring (bicyclic) bond motifs is 2. The van der Waals surface area contributed by atoms with E-state index in [9.17, 15) is 0 Å². The number of pyridine rings is 1. The Kier molecular flexibility index (Phi) is 4.25. The number of rotatable bonds is 3. The van der Waals surface area contributed by atoms with Crippen LogP contribution in [0.25, 0.3) is 44.4 Å². The van der Waals surface area contributed by atoms with Gasteiger partial charge in [-0.25, -0.2) is 0 Å². The highest BCUT2D eigenvalue weighted by Gasteiger charge is 2.10. The van der Waals surface area contributed by atoms with Crippen molar-refractivity contribution >= 4 is 37.7 Å². The van der Waals surface area contributed by atoms with Crippen LogP contribution in [-0.2, 0) is 0 Å². The van der Waals surface area contributed by atoms with Crippen molar-refractivity contribution in [2.75, 3.05) is 0 Å². The second-order valence-electron chi connectivity index (χ2n) is 7.59. The average molecular weight is 464 g/mol. The molecule has 31 heavy (non-hydrogen) atoms. The molecular formula is C27H18BrN3. The number of hydrogen-bond acceptors (Lipinski definition) is 1. The lowest BCUT2D eigenvalue weighted by atomic mass is 10.1. The van der Waals surface area contributed by atoms with Crippen molar-refractivity contribution in [2.45, 2.75) is 0 Å². The van der Waals surface area contributed by atoms with Crippen LogP contribution in [0.3, 0.4) is 0 Å². The molecule has 0 atom stereocenters. The molecule has 0 saturated carbocycles. The molecule has 0 amide bonds. The Balaban J connectivity index is 1.47. The third-order valence-corrected chi connectivity index (χ3v) is 6.13. The van der Waals surface area contributed by atoms with E-state index in [1.165, 1.54) is 21.8 Å². The van der Waals surface area contributed by atoms with E-state index in [1.807, 2.05) is 24.4 Å². The first-order chi connectivity index (χ1) is 15.3. The Labute approximate surface area is 188 Å². The van der Waals surface area contributed by atoms with Gasteiger partial charge in [-0.3, -0.25) is 4.98 Å². The average Bonchev–Trinajstić information content (AvgIpc) is 3.43. The molecule has 0 saturated heterocycles. The molecule has 0 fully saturated rings. The highest BCUT2D eigenvalue weighted by Crippen LogP contribution is 2.30. The van der Waals surface area contributed by atoms with Crippen LogP contribution in [0.15, 0.2) is 114 Å². The first kappa shape index (κ1) is 18.2. The number of aromatic nitrogens is 3. The van der Waals surface area contributed by atoms with Gasteiger partial charge in [-0.1, -0.05) is 46.3 Å². The van der Waals surface area contributed by atoms with E-state index in [2.05, 4.69) is 115 Å². The van der Waals surface area contributed by atoms with E-state index in [1.54, 1.807) is 0 Å². The molecule has 0 aliphatic heterocycles. The van der Waals surface area contributed by atoms with Crippen molar-refractivity contribution in [3.63, 3.8) is 0 Å². The lowest BCUT2D eigenvalue weighted by Crippen LogP contribution is -1.97. The molecule has 0 aliphatic carbocycles. The van der Waals surface area contributed by atoms with Crippen LogP contribution in [0.5, 0.6) is 0 Å². The molecule has 0 aliphatic rings. The summed E-state index contributed by atoms with van der Waals surface area (Å²) in [6.07, 6.45) is 6.09. The Hall–Kier alpha value is -3.63. The van der Waals surface area contributed by atoms with Crippen LogP contribution in [0.4, 0.5) is 0 Å². The summed E-state index contributed by atoms with van der Waals surface area (Å²) in [5, 5.41) is 2.42. The maximum Gasteiger partial charge on any atom is 0.0702 e. The van der Waals surface area contributed by atoms with Gasteiger partial charge in [0.2, 0.25) is 0 Å². The Morgan fingerprint density at radius 1 is 0.613 bits per heavy atom. The maximum absolute atomic E-state index is 4.48. The highest BCUT2D eigenvalue weighted by atomic mass is 79.9. The summed E-state index contributed by atoms with van der Waals surface area (Å²) in [6, 6.07) is 31.8. The third-order valence-electron chi connectivity index (χ3n) is 5.67. The minimum absolute atomic E-state index is 0.987. The van der Waals surface area contributed by atoms with Gasteiger partial charge in [0.1, 0.15) is 0 Å². The number of para-hydroxylation sites is 1. The van der Waals surface area contributed by atoms with Gasteiger partial charge in [0.05, 0.1) is 16.7 Å². The summed E-state index contributed by atoms with van der Waals surface area (Å²) < 4.78 is 5.51. The third kappa shape index (κ3) is 3.16. The van der Waals surface area contributed by atoms with E-state index in [0.717, 1.165) is 27.1 Å². The first-order valence-electron chi connectivity index (χ1n) is 10.2. The lowest BCUT2D eigenvalue weighted by molar-refractivity contribution is 1.08. The zero-order chi connectivity index (χ0) is 20.8. The van der Waals surface area contributed by atoms with Crippen molar-refractivity contribution in [2.24, 2.45) is 0 Å². The molecular weight excluding hydrogens is 446 g/mol. The lowest BCUT2D eigenvalue weighted by Gasteiger charge is -2.12. The van der Waals surface area contributed by atoms with Crippen LogP contribution >= 0.6 is 15.9 Å². The standard InChI is InChI=1S/C27H18BrN3/c28-22-16-23(30-13-10-19-5-1-2-7-26(19)30)18-24(17-22)31-14-11-21-15-20(8-9-27(21)31)25-6-3-4-12-29-25/h1-18H. The predicted octanol–water partition coefficient (Wildman–Crippen LogP) is 7.40. The number of halogens is 1. The van der Waals surface area contributed by atoms with E-state index in [0.29, 0.717) is 0 Å². The molecule has 0 bridgehead atoms. The molecule has 3 aromatic carbocycles. The van der Waals surface area contributed by atoms with Crippen molar-refractivity contribution in [3.05, 3.63) is 114 Å². The van der Waals surface area contributed by atoms with Gasteiger partial charge in [0.15, 0.2) is 0 Å². The van der Waals surface area contributed by atoms with Crippen LogP contribution in [0, 0.1) is 0 Å². The highest BCUT2D eigenvalue weighted by molar-refractivity contribution is 9.10. The maximum atomic E-state index is 4.48. The van der Waals surface area contributed by atoms with Crippen LogP contribution < -0.4 is 0 Å². The molecule has 6 aromatic rings. The summed E-state index contributed by atoms with van der Waals surface area (Å²) in [7, 11) is 0. The molecule has 3 nitrogen and oxygen atoms in total. The van der Waals surface area contributed by atoms with Crippen molar-refractivity contribution in [1.82, 2.24) is 14.1 Å². The van der Waals surface area contributed by atoms with Crippen molar-refractivity contribution in [3.8, 4) is 22.6 Å². The summed E-state index contributed by atoms with van der Waals surface area (Å²) in [5.74, 6) is 0. The van der Waals surface area contributed by atoms with Gasteiger partial charge < -0.3 is 9.13 Å². The smallest absolute Gasteiger partial charge is 0.0702 e. The molecule has 3 heterocycles. The van der Waals surface area contributed by atoms with E-state index in [-0.39, 0.29) is 0 Å². The fourth-order valence-electron chi connectivity index (χ4n) is 4.21. The largest absolute Gasteiger partial charge is 0.316 e. The molecule has 0 unspecified atom stereocenters. The summed E-state index contributed by atoms with van der Waals surface area (Å²) in [6.45, 7) is 0. The number of hydrogen-bond donors (Lipinski definition) is 0. The number of benzene rings is 3. The Morgan fingerprint density at radius 3 is 2.10 bits per heavy atom. The van der Waals surface area contributed by atoms with Gasteiger partial charge in [0.25, 0.3) is 0 Å². The number of nitrogens with zero attached hydrogens (tertiary/aromatic N) is 3. The molecule has 3 aromatic heterocycles. The summed E-state index contributed by atoms with van der Waals surface area (Å²) in [4.78, 5) is 4.48. The summed E-state index contributed by atoms with van der Waals surface area (Å²) >= 11 is 3.72. The fraction of sp³-hybridized carbons (Fsp3) is 0. The molecule has 4 heteroatoms. The molecule has 6 rings (SSSR count). The first-order valence-corrected chi connectivity index (χ1v) is 11.0. The van der Waals surface area contributed by atoms with Crippen LogP contribution in [0.1, 0.15) is 0 Å². The quantitative estimate of drug-likeness (QED) is 0.268. The van der Waals surface area contributed by atoms with Crippen LogP contribution in [-0.4, -0.2) is 14.1 Å². The van der Waals surface area contributed by atoms with Gasteiger partial charge in [-0.15, -0.1) is 0 Å². The SMILES string of the molecule is Brc1cc(-n2ccc3ccccc32)cc(-n2ccc3cc(-c4ccccn4)ccc32)c1. The Morgan fingerprint density at radius 2 is 1.32 bits per heavy atom. The Bertz CT molecular complexity index is 1540. The van der Waals surface area contributed by atoms with Gasteiger partial charge >= 0.3 is 0 Å². The fourth-order valence-corrected chi connectivity index (χ4v) is 4.67. The van der Waals surface area contributed by atoms with E-state index in [4.69, 9.17) is 0 Å². The topological polar surface area (TPSA) is 22.8 Å². The zero-order valence-electron chi connectivity index (χ0n) is 16.6. The van der Waals surface area contributed by atoms with Gasteiger partial charge in [-0.05, 0) is 66.0 Å². The van der Waals surface area contributed by atoms with Crippen LogP contribution in [0.2, 0.25) is 0 Å². The minimum atomic E-state index is 0.987. The van der Waals surface area contributed by atoms with E-state index < -0.39 is 0 Å². The molecule has 0 radical (unpaired) electrons. The van der Waals surface area contributed by atoms with Gasteiger partial charge in [0, 0.05) is 45.4 Å². The second-order valence-corrected chi connectivity index (χ2v) is 8.50. The monoisotopic (exact) mass is 463 g/mol. The normalized spacial score (nSPS) is 11.4. The van der Waals surface area contributed by atoms with E-state index >= 15 is 0 Å². The van der Waals surface area contributed by atoms with Crippen molar-refractivity contribution in [1.29, 1.82) is 0 Å². The minimum Gasteiger partial charge on any atom is -0.316 e. The van der Waals surface area contributed by atoms with Gasteiger partial charge in [-0.2, -0.15) is 0 Å². The zero-order valence-corrected chi connectivity index (χ0v) is 18.2. The summed E-state index contributed by atoms with van der Waals surface area (Å²) in [5.41, 5.74) is 6.71. The molecule has 148 valence electrons.